The minimum absolute atomic E-state index is 0.131. The molecule has 0 fully saturated rings. The highest BCUT2D eigenvalue weighted by molar-refractivity contribution is 6.06. The van der Waals surface area contributed by atoms with Crippen LogP contribution in [-0.4, -0.2) is 36.9 Å². The van der Waals surface area contributed by atoms with Crippen LogP contribution in [0.1, 0.15) is 21.6 Å². The Hall–Kier alpha value is -3.61. The lowest BCUT2D eigenvalue weighted by atomic mass is 10.2. The summed E-state index contributed by atoms with van der Waals surface area (Å²) in [6, 6.07) is 17.1. The molecule has 2 heterocycles. The molecule has 148 valence electrons. The van der Waals surface area contributed by atoms with Crippen LogP contribution in [0.2, 0.25) is 0 Å². The number of ether oxygens (including phenoxy) is 2. The summed E-state index contributed by atoms with van der Waals surface area (Å²) in [6.45, 7) is 1.21. The second-order valence-electron chi connectivity index (χ2n) is 6.68. The van der Waals surface area contributed by atoms with E-state index in [1.807, 2.05) is 36.4 Å². The van der Waals surface area contributed by atoms with Crippen molar-refractivity contribution in [2.45, 2.75) is 13.0 Å². The van der Waals surface area contributed by atoms with E-state index in [-0.39, 0.29) is 5.91 Å². The molecule has 2 aromatic carbocycles. The van der Waals surface area contributed by atoms with Gasteiger partial charge in [-0.25, -0.2) is 0 Å². The molecule has 0 bridgehead atoms. The predicted octanol–water partition coefficient (Wildman–Crippen LogP) is 3.31. The number of anilines is 2. The van der Waals surface area contributed by atoms with Gasteiger partial charge in [0.05, 0.1) is 14.2 Å². The van der Waals surface area contributed by atoms with Gasteiger partial charge in [-0.15, -0.1) is 10.2 Å². The van der Waals surface area contributed by atoms with Crippen molar-refractivity contribution in [1.29, 1.82) is 0 Å². The molecule has 0 radical (unpaired) electrons. The van der Waals surface area contributed by atoms with Gasteiger partial charge in [-0.1, -0.05) is 24.3 Å². The highest BCUT2D eigenvalue weighted by atomic mass is 16.5. The molecule has 0 saturated carbocycles. The number of para-hydroxylation sites is 1. The van der Waals surface area contributed by atoms with E-state index >= 15 is 0 Å². The van der Waals surface area contributed by atoms with Crippen LogP contribution < -0.4 is 19.7 Å². The van der Waals surface area contributed by atoms with Crippen molar-refractivity contribution in [3.8, 4) is 11.5 Å². The molecule has 0 unspecified atom stereocenters. The van der Waals surface area contributed by atoms with Crippen LogP contribution in [0, 0.1) is 0 Å². The quantitative estimate of drug-likeness (QED) is 0.696. The number of carbonyl (C=O) groups is 1. The van der Waals surface area contributed by atoms with E-state index in [9.17, 15) is 4.79 Å². The summed E-state index contributed by atoms with van der Waals surface area (Å²) in [7, 11) is 3.21. The van der Waals surface area contributed by atoms with Gasteiger partial charge in [0.2, 0.25) is 0 Å². The molecule has 1 amide bonds. The van der Waals surface area contributed by atoms with E-state index in [2.05, 4.69) is 21.6 Å². The first-order valence-corrected chi connectivity index (χ1v) is 9.38. The number of hydrogen-bond acceptors (Lipinski definition) is 6. The molecular formula is C22H22N4O3. The maximum absolute atomic E-state index is 12.8. The van der Waals surface area contributed by atoms with Crippen molar-refractivity contribution in [2.24, 2.45) is 0 Å². The number of carbonyl (C=O) groups excluding carboxylic acids is 1. The molecule has 0 aliphatic carbocycles. The van der Waals surface area contributed by atoms with Crippen molar-refractivity contribution in [3.05, 3.63) is 71.4 Å². The van der Waals surface area contributed by atoms with Crippen LogP contribution in [-0.2, 0) is 13.0 Å². The SMILES string of the molecule is COc1ccc(CNc2ccc(C(=O)N3CCc4ccccc43)nn2)cc1OC. The topological polar surface area (TPSA) is 76.6 Å². The summed E-state index contributed by atoms with van der Waals surface area (Å²) < 4.78 is 10.6. The zero-order valence-electron chi connectivity index (χ0n) is 16.4. The van der Waals surface area contributed by atoms with E-state index in [1.54, 1.807) is 31.3 Å². The molecular weight excluding hydrogens is 368 g/mol. The Balaban J connectivity index is 1.42. The summed E-state index contributed by atoms with van der Waals surface area (Å²) in [6.07, 6.45) is 0.861. The summed E-state index contributed by atoms with van der Waals surface area (Å²) in [5.74, 6) is 1.82. The van der Waals surface area contributed by atoms with Gasteiger partial charge in [-0.05, 0) is 47.9 Å². The summed E-state index contributed by atoms with van der Waals surface area (Å²) in [5, 5.41) is 11.5. The van der Waals surface area contributed by atoms with E-state index in [4.69, 9.17) is 9.47 Å². The van der Waals surface area contributed by atoms with Gasteiger partial charge < -0.3 is 19.7 Å². The van der Waals surface area contributed by atoms with Gasteiger partial charge in [-0.2, -0.15) is 0 Å². The molecule has 0 saturated heterocycles. The van der Waals surface area contributed by atoms with Gasteiger partial charge in [0, 0.05) is 18.8 Å². The number of methoxy groups -OCH3 is 2. The fraction of sp³-hybridized carbons (Fsp3) is 0.227. The van der Waals surface area contributed by atoms with Crippen LogP contribution in [0.25, 0.3) is 0 Å². The lowest BCUT2D eigenvalue weighted by molar-refractivity contribution is 0.0983. The van der Waals surface area contributed by atoms with E-state index in [1.165, 1.54) is 5.56 Å². The molecule has 4 rings (SSSR count). The van der Waals surface area contributed by atoms with Crippen molar-refractivity contribution in [2.75, 3.05) is 31.0 Å². The fourth-order valence-electron chi connectivity index (χ4n) is 3.41. The van der Waals surface area contributed by atoms with E-state index < -0.39 is 0 Å². The average molecular weight is 390 g/mol. The van der Waals surface area contributed by atoms with Crippen LogP contribution in [0.5, 0.6) is 11.5 Å². The molecule has 0 spiro atoms. The molecule has 7 heteroatoms. The number of amides is 1. The second kappa shape index (κ2) is 8.18. The third-order valence-electron chi connectivity index (χ3n) is 4.94. The summed E-state index contributed by atoms with van der Waals surface area (Å²) >= 11 is 0. The highest BCUT2D eigenvalue weighted by Gasteiger charge is 2.26. The molecule has 1 N–H and O–H groups in total. The lowest BCUT2D eigenvalue weighted by Crippen LogP contribution is -2.29. The Morgan fingerprint density at radius 3 is 2.62 bits per heavy atom. The average Bonchev–Trinajstić information content (AvgIpc) is 3.21. The van der Waals surface area contributed by atoms with Gasteiger partial charge in [0.1, 0.15) is 5.82 Å². The highest BCUT2D eigenvalue weighted by Crippen LogP contribution is 2.29. The van der Waals surface area contributed by atoms with Crippen molar-refractivity contribution in [1.82, 2.24) is 10.2 Å². The molecule has 7 nitrogen and oxygen atoms in total. The minimum atomic E-state index is -0.131. The summed E-state index contributed by atoms with van der Waals surface area (Å²) in [4.78, 5) is 14.6. The Bertz CT molecular complexity index is 1020. The number of nitrogens with one attached hydrogen (secondary N) is 1. The largest absolute Gasteiger partial charge is 0.493 e. The number of fused-ring (bicyclic) bond motifs is 1. The van der Waals surface area contributed by atoms with Gasteiger partial charge in [0.25, 0.3) is 5.91 Å². The normalized spacial score (nSPS) is 12.4. The number of nitrogens with zero attached hydrogens (tertiary/aromatic N) is 3. The second-order valence-corrected chi connectivity index (χ2v) is 6.68. The van der Waals surface area contributed by atoms with Crippen LogP contribution in [0.4, 0.5) is 11.5 Å². The zero-order chi connectivity index (χ0) is 20.2. The van der Waals surface area contributed by atoms with Crippen LogP contribution in [0.3, 0.4) is 0 Å². The Morgan fingerprint density at radius 2 is 1.86 bits per heavy atom. The standard InChI is InChI=1S/C22H22N4O3/c1-28-19-9-7-15(13-20(19)29-2)14-23-21-10-8-17(24-25-21)22(27)26-12-11-16-5-3-4-6-18(16)26/h3-10,13H,11-12,14H2,1-2H3,(H,23,25). The number of benzene rings is 2. The molecule has 29 heavy (non-hydrogen) atoms. The Morgan fingerprint density at radius 1 is 1.03 bits per heavy atom. The fourth-order valence-corrected chi connectivity index (χ4v) is 3.41. The minimum Gasteiger partial charge on any atom is -0.493 e. The van der Waals surface area contributed by atoms with Gasteiger partial charge in [-0.3, -0.25) is 4.79 Å². The first kappa shape index (κ1) is 18.7. The number of rotatable bonds is 6. The van der Waals surface area contributed by atoms with Crippen molar-refractivity contribution >= 4 is 17.4 Å². The van der Waals surface area contributed by atoms with Crippen molar-refractivity contribution in [3.63, 3.8) is 0 Å². The third kappa shape index (κ3) is 3.85. The van der Waals surface area contributed by atoms with E-state index in [0.29, 0.717) is 36.1 Å². The van der Waals surface area contributed by atoms with Crippen molar-refractivity contribution < 1.29 is 14.3 Å². The molecule has 1 aromatic heterocycles. The first-order chi connectivity index (χ1) is 14.2. The van der Waals surface area contributed by atoms with Crippen LogP contribution in [0.15, 0.2) is 54.6 Å². The third-order valence-corrected chi connectivity index (χ3v) is 4.94. The molecule has 0 atom stereocenters. The van der Waals surface area contributed by atoms with Gasteiger partial charge >= 0.3 is 0 Å². The molecule has 1 aliphatic rings. The first-order valence-electron chi connectivity index (χ1n) is 9.38. The smallest absolute Gasteiger partial charge is 0.278 e. The maximum atomic E-state index is 12.8. The predicted molar refractivity (Wildman–Crippen MR) is 111 cm³/mol. The van der Waals surface area contributed by atoms with Crippen LogP contribution >= 0.6 is 0 Å². The maximum Gasteiger partial charge on any atom is 0.278 e. The van der Waals surface area contributed by atoms with E-state index in [0.717, 1.165) is 17.7 Å². The Kier molecular flexibility index (Phi) is 5.29. The van der Waals surface area contributed by atoms with Gasteiger partial charge in [0.15, 0.2) is 17.2 Å². The monoisotopic (exact) mass is 390 g/mol. The molecule has 1 aliphatic heterocycles. The number of hydrogen-bond donors (Lipinski definition) is 1. The Labute approximate surface area is 169 Å². The molecule has 3 aromatic rings. The number of aromatic nitrogens is 2. The summed E-state index contributed by atoms with van der Waals surface area (Å²) in [5.41, 5.74) is 3.48. The lowest BCUT2D eigenvalue weighted by Gasteiger charge is -2.16. The zero-order valence-corrected chi connectivity index (χ0v) is 16.4.